The number of rotatable bonds is 7. The molecule has 1 aliphatic rings. The summed E-state index contributed by atoms with van der Waals surface area (Å²) in [6.07, 6.45) is 2.42. The summed E-state index contributed by atoms with van der Waals surface area (Å²) in [6, 6.07) is 7.45. The third kappa shape index (κ3) is 5.04. The molecule has 4 rings (SSSR count). The summed E-state index contributed by atoms with van der Waals surface area (Å²) >= 11 is 1.20. The van der Waals surface area contributed by atoms with Gasteiger partial charge in [0, 0.05) is 6.42 Å². The average molecular weight is 444 g/mol. The van der Waals surface area contributed by atoms with Gasteiger partial charge in [-0.25, -0.2) is 0 Å². The van der Waals surface area contributed by atoms with Gasteiger partial charge in [-0.3, -0.25) is 4.79 Å². The van der Waals surface area contributed by atoms with Crippen LogP contribution < -0.4 is 14.8 Å². The zero-order valence-corrected chi connectivity index (χ0v) is 18.5. The predicted molar refractivity (Wildman–Crippen MR) is 115 cm³/mol. The van der Waals surface area contributed by atoms with Crippen LogP contribution in [0.15, 0.2) is 44.6 Å². The van der Waals surface area contributed by atoms with Gasteiger partial charge in [0.1, 0.15) is 5.76 Å². The molecule has 1 amide bonds. The molecule has 1 atom stereocenters. The van der Waals surface area contributed by atoms with Crippen LogP contribution in [0, 0.1) is 12.8 Å². The number of ether oxygens (including phenoxy) is 2. The molecule has 0 saturated heterocycles. The van der Waals surface area contributed by atoms with E-state index < -0.39 is 0 Å². The van der Waals surface area contributed by atoms with Gasteiger partial charge in [0.15, 0.2) is 11.5 Å². The number of hydrogen-bond donors (Lipinski definition) is 1. The van der Waals surface area contributed by atoms with Crippen LogP contribution in [0.2, 0.25) is 0 Å². The Bertz CT molecular complexity index is 1050. The Labute approximate surface area is 184 Å². The molecule has 0 spiro atoms. The van der Waals surface area contributed by atoms with Crippen molar-refractivity contribution < 1.29 is 23.1 Å². The van der Waals surface area contributed by atoms with Crippen molar-refractivity contribution in [3.63, 3.8) is 0 Å². The van der Waals surface area contributed by atoms with Gasteiger partial charge in [-0.2, -0.15) is 0 Å². The molecule has 1 unspecified atom stereocenters. The smallest absolute Gasteiger partial charge is 0.277 e. The maximum absolute atomic E-state index is 12.6. The highest BCUT2D eigenvalue weighted by atomic mass is 32.2. The number of nitrogens with zero attached hydrogens (tertiary/aromatic N) is 2. The monoisotopic (exact) mass is 443 g/mol. The first kappa shape index (κ1) is 21.3. The minimum Gasteiger partial charge on any atom is -0.490 e. The van der Waals surface area contributed by atoms with Crippen LogP contribution in [-0.4, -0.2) is 35.1 Å². The number of aryl methyl sites for hydroxylation is 1. The quantitative estimate of drug-likeness (QED) is 0.536. The van der Waals surface area contributed by atoms with E-state index in [-0.39, 0.29) is 23.6 Å². The number of amides is 1. The molecular formula is C22H25N3O5S. The molecule has 3 heterocycles. The van der Waals surface area contributed by atoms with Crippen molar-refractivity contribution in [1.82, 2.24) is 15.5 Å². The fraction of sp³-hybridized carbons (Fsp3) is 0.409. The summed E-state index contributed by atoms with van der Waals surface area (Å²) in [6.45, 7) is 7.23. The van der Waals surface area contributed by atoms with E-state index in [4.69, 9.17) is 18.3 Å². The van der Waals surface area contributed by atoms with E-state index in [0.29, 0.717) is 30.1 Å². The minimum atomic E-state index is -0.155. The number of furan rings is 1. The van der Waals surface area contributed by atoms with E-state index in [1.54, 1.807) is 12.3 Å². The standard InChI is InChI=1S/C22H25N3O5S/c1-13(2)20(15-5-6-17-18(11-15)29-9-4-8-28-17)23-19(26)12-31-22-25-24-21(30-22)16-7-10-27-14(16)3/h5-7,10-11,13,20H,4,8-9,12H2,1-3H3,(H,23,26). The number of nitrogens with one attached hydrogen (secondary N) is 1. The zero-order chi connectivity index (χ0) is 21.8. The van der Waals surface area contributed by atoms with Crippen molar-refractivity contribution in [3.8, 4) is 23.0 Å². The number of carbonyl (C=O) groups excluding carboxylic acids is 1. The van der Waals surface area contributed by atoms with Crippen molar-refractivity contribution in [2.75, 3.05) is 19.0 Å². The molecule has 0 radical (unpaired) electrons. The van der Waals surface area contributed by atoms with Crippen molar-refractivity contribution >= 4 is 17.7 Å². The Kier molecular flexibility index (Phi) is 6.50. The van der Waals surface area contributed by atoms with Crippen LogP contribution in [0.5, 0.6) is 11.5 Å². The summed E-state index contributed by atoms with van der Waals surface area (Å²) in [5.74, 6) is 2.78. The van der Waals surface area contributed by atoms with Crippen LogP contribution in [0.25, 0.3) is 11.5 Å². The topological polar surface area (TPSA) is 99.6 Å². The fourth-order valence-corrected chi connectivity index (χ4v) is 3.91. The van der Waals surface area contributed by atoms with Crippen LogP contribution >= 0.6 is 11.8 Å². The molecule has 1 aliphatic heterocycles. The first-order valence-corrected chi connectivity index (χ1v) is 11.2. The molecule has 0 aliphatic carbocycles. The molecule has 0 fully saturated rings. The van der Waals surface area contributed by atoms with Crippen molar-refractivity contribution in [2.45, 2.75) is 38.5 Å². The number of benzene rings is 1. The summed E-state index contributed by atoms with van der Waals surface area (Å²) in [4.78, 5) is 12.6. The van der Waals surface area contributed by atoms with Gasteiger partial charge in [0.25, 0.3) is 11.1 Å². The highest BCUT2D eigenvalue weighted by Gasteiger charge is 2.22. The van der Waals surface area contributed by atoms with Crippen LogP contribution in [0.4, 0.5) is 0 Å². The molecule has 31 heavy (non-hydrogen) atoms. The number of carbonyl (C=O) groups is 1. The Hall–Kier alpha value is -2.94. The third-order valence-electron chi connectivity index (χ3n) is 4.94. The van der Waals surface area contributed by atoms with Crippen molar-refractivity contribution in [2.24, 2.45) is 5.92 Å². The van der Waals surface area contributed by atoms with E-state index in [1.807, 2.05) is 25.1 Å². The van der Waals surface area contributed by atoms with Crippen molar-refractivity contribution in [3.05, 3.63) is 41.9 Å². The SMILES string of the molecule is Cc1occc1-c1nnc(SCC(=O)NC(c2ccc3c(c2)OCCCO3)C(C)C)o1. The first-order valence-electron chi connectivity index (χ1n) is 10.2. The Morgan fingerprint density at radius 2 is 1.97 bits per heavy atom. The van der Waals surface area contributed by atoms with Crippen LogP contribution in [0.3, 0.4) is 0 Å². The molecular weight excluding hydrogens is 418 g/mol. The molecule has 3 aromatic rings. The number of aromatic nitrogens is 2. The molecule has 0 bridgehead atoms. The summed E-state index contributed by atoms with van der Waals surface area (Å²) < 4.78 is 22.4. The van der Waals surface area contributed by atoms with E-state index in [1.165, 1.54) is 11.8 Å². The Morgan fingerprint density at radius 1 is 1.16 bits per heavy atom. The maximum atomic E-state index is 12.6. The lowest BCUT2D eigenvalue weighted by atomic mass is 9.95. The Balaban J connectivity index is 1.39. The van der Waals surface area contributed by atoms with Crippen LogP contribution in [0.1, 0.15) is 37.6 Å². The molecule has 1 N–H and O–H groups in total. The largest absolute Gasteiger partial charge is 0.490 e. The lowest BCUT2D eigenvalue weighted by Gasteiger charge is -2.23. The highest BCUT2D eigenvalue weighted by molar-refractivity contribution is 7.99. The van der Waals surface area contributed by atoms with Gasteiger partial charge in [-0.05, 0) is 36.6 Å². The van der Waals surface area contributed by atoms with Crippen LogP contribution in [-0.2, 0) is 4.79 Å². The van der Waals surface area contributed by atoms with Gasteiger partial charge in [-0.1, -0.05) is 31.7 Å². The lowest BCUT2D eigenvalue weighted by Crippen LogP contribution is -2.33. The summed E-state index contributed by atoms with van der Waals surface area (Å²) in [5.41, 5.74) is 1.73. The predicted octanol–water partition coefficient (Wildman–Crippen LogP) is 4.40. The number of fused-ring (bicyclic) bond motifs is 1. The molecule has 1 aromatic carbocycles. The van der Waals surface area contributed by atoms with Gasteiger partial charge in [0.05, 0.1) is 36.8 Å². The van der Waals surface area contributed by atoms with E-state index in [0.717, 1.165) is 29.0 Å². The summed E-state index contributed by atoms with van der Waals surface area (Å²) in [5, 5.41) is 11.5. The van der Waals surface area contributed by atoms with Crippen molar-refractivity contribution in [1.29, 1.82) is 0 Å². The molecule has 164 valence electrons. The molecule has 2 aromatic heterocycles. The number of thioether (sulfide) groups is 1. The molecule has 9 heteroatoms. The van der Waals surface area contributed by atoms with Gasteiger partial charge in [-0.15, -0.1) is 10.2 Å². The summed E-state index contributed by atoms with van der Waals surface area (Å²) in [7, 11) is 0. The van der Waals surface area contributed by atoms with E-state index in [2.05, 4.69) is 29.4 Å². The maximum Gasteiger partial charge on any atom is 0.277 e. The lowest BCUT2D eigenvalue weighted by molar-refractivity contribution is -0.119. The fourth-order valence-electron chi connectivity index (χ4n) is 3.33. The minimum absolute atomic E-state index is 0.116. The second-order valence-electron chi connectivity index (χ2n) is 7.60. The van der Waals surface area contributed by atoms with Gasteiger partial charge < -0.3 is 23.6 Å². The normalized spacial score (nSPS) is 14.3. The first-order chi connectivity index (χ1) is 15.0. The van der Waals surface area contributed by atoms with Gasteiger partial charge >= 0.3 is 0 Å². The van der Waals surface area contributed by atoms with Gasteiger partial charge in [0.2, 0.25) is 5.91 Å². The molecule has 8 nitrogen and oxygen atoms in total. The third-order valence-corrected chi connectivity index (χ3v) is 5.75. The average Bonchev–Trinajstić information content (AvgIpc) is 3.32. The Morgan fingerprint density at radius 3 is 2.71 bits per heavy atom. The highest BCUT2D eigenvalue weighted by Crippen LogP contribution is 2.34. The number of hydrogen-bond acceptors (Lipinski definition) is 8. The van der Waals surface area contributed by atoms with E-state index >= 15 is 0 Å². The zero-order valence-electron chi connectivity index (χ0n) is 17.7. The second-order valence-corrected chi connectivity index (χ2v) is 8.52. The second kappa shape index (κ2) is 9.47. The van der Waals surface area contributed by atoms with E-state index in [9.17, 15) is 4.79 Å². The molecule has 0 saturated carbocycles.